The highest BCUT2D eigenvalue weighted by molar-refractivity contribution is 7.99. The Morgan fingerprint density at radius 1 is 1.11 bits per heavy atom. The minimum absolute atomic E-state index is 0.128. The fourth-order valence-electron chi connectivity index (χ4n) is 2.63. The lowest BCUT2D eigenvalue weighted by molar-refractivity contribution is 0.0953. The van der Waals surface area contributed by atoms with Crippen LogP contribution >= 0.6 is 11.8 Å². The molecule has 0 heterocycles. The van der Waals surface area contributed by atoms with Crippen molar-refractivity contribution in [1.29, 1.82) is 0 Å². The van der Waals surface area contributed by atoms with Crippen LogP contribution < -0.4 is 5.32 Å². The van der Waals surface area contributed by atoms with Crippen molar-refractivity contribution in [1.82, 2.24) is 9.62 Å². The molecule has 0 saturated heterocycles. The van der Waals surface area contributed by atoms with Gasteiger partial charge in [0.05, 0.1) is 0 Å². The Morgan fingerprint density at radius 3 is 2.43 bits per heavy atom. The molecule has 0 unspecified atom stereocenters. The van der Waals surface area contributed by atoms with Crippen molar-refractivity contribution in [3.63, 3.8) is 0 Å². The fraction of sp³-hybridized carbons (Fsp3) is 0.350. The Hall–Kier alpha value is -1.90. The van der Waals surface area contributed by atoms with Crippen molar-refractivity contribution in [2.45, 2.75) is 30.1 Å². The van der Waals surface area contributed by atoms with Crippen LogP contribution in [0, 0.1) is 5.82 Å². The number of sulfonamides is 1. The maximum atomic E-state index is 14.1. The average molecular weight is 425 g/mol. The third-order valence-electron chi connectivity index (χ3n) is 4.14. The summed E-state index contributed by atoms with van der Waals surface area (Å²) in [5, 5.41) is 2.76. The van der Waals surface area contributed by atoms with E-state index in [1.807, 2.05) is 30.3 Å². The van der Waals surface area contributed by atoms with E-state index in [2.05, 4.69) is 5.32 Å². The molecule has 2 rings (SSSR count). The molecule has 0 fully saturated rings. The largest absolute Gasteiger partial charge is 0.352 e. The SMILES string of the molecule is CCN(CC)S(=O)(=O)c1cc(C(=O)NCCCSc2ccccc2)ccc1F. The van der Waals surface area contributed by atoms with Crippen molar-refractivity contribution >= 4 is 27.7 Å². The van der Waals surface area contributed by atoms with Crippen molar-refractivity contribution in [2.24, 2.45) is 0 Å². The van der Waals surface area contributed by atoms with E-state index in [-0.39, 0.29) is 18.7 Å². The van der Waals surface area contributed by atoms with E-state index in [1.165, 1.54) is 11.0 Å². The molecule has 28 heavy (non-hydrogen) atoms. The monoisotopic (exact) mass is 424 g/mol. The van der Waals surface area contributed by atoms with E-state index in [4.69, 9.17) is 0 Å². The van der Waals surface area contributed by atoms with Gasteiger partial charge in [0.25, 0.3) is 5.91 Å². The number of rotatable bonds is 10. The molecule has 1 amide bonds. The molecule has 2 aromatic rings. The fourth-order valence-corrected chi connectivity index (χ4v) is 5.05. The summed E-state index contributed by atoms with van der Waals surface area (Å²) in [6.45, 7) is 4.28. The lowest BCUT2D eigenvalue weighted by atomic mass is 10.2. The van der Waals surface area contributed by atoms with Gasteiger partial charge in [-0.05, 0) is 42.5 Å². The van der Waals surface area contributed by atoms with Gasteiger partial charge in [-0.1, -0.05) is 32.0 Å². The van der Waals surface area contributed by atoms with Gasteiger partial charge in [-0.15, -0.1) is 11.8 Å². The molecule has 5 nitrogen and oxygen atoms in total. The van der Waals surface area contributed by atoms with E-state index in [0.29, 0.717) is 6.54 Å². The maximum absolute atomic E-state index is 14.1. The second kappa shape index (κ2) is 10.6. The lowest BCUT2D eigenvalue weighted by Gasteiger charge is -2.19. The lowest BCUT2D eigenvalue weighted by Crippen LogP contribution is -2.32. The van der Waals surface area contributed by atoms with Crippen LogP contribution in [0.15, 0.2) is 58.3 Å². The number of hydrogen-bond acceptors (Lipinski definition) is 4. The normalized spacial score (nSPS) is 11.6. The zero-order valence-electron chi connectivity index (χ0n) is 16.0. The predicted octanol–water partition coefficient (Wildman–Crippen LogP) is 3.77. The van der Waals surface area contributed by atoms with Gasteiger partial charge in [0, 0.05) is 30.1 Å². The van der Waals surface area contributed by atoms with E-state index in [1.54, 1.807) is 25.6 Å². The number of nitrogens with one attached hydrogen (secondary N) is 1. The van der Waals surface area contributed by atoms with Crippen LogP contribution in [0.4, 0.5) is 4.39 Å². The molecule has 0 atom stereocenters. The standard InChI is InChI=1S/C20H25FN2O3S2/c1-3-23(4-2)28(25,26)19-15-16(11-12-18(19)21)20(24)22-13-8-14-27-17-9-6-5-7-10-17/h5-7,9-12,15H,3-4,8,13-14H2,1-2H3,(H,22,24). The molecule has 0 radical (unpaired) electrons. The molecular weight excluding hydrogens is 399 g/mol. The highest BCUT2D eigenvalue weighted by atomic mass is 32.2. The average Bonchev–Trinajstić information content (AvgIpc) is 2.69. The Balaban J connectivity index is 1.96. The molecule has 0 aliphatic heterocycles. The van der Waals surface area contributed by atoms with Crippen LogP contribution in [0.5, 0.6) is 0 Å². The summed E-state index contributed by atoms with van der Waals surface area (Å²) in [6.07, 6.45) is 0.761. The summed E-state index contributed by atoms with van der Waals surface area (Å²) < 4.78 is 40.4. The van der Waals surface area contributed by atoms with Gasteiger partial charge in [-0.3, -0.25) is 4.79 Å². The van der Waals surface area contributed by atoms with E-state index in [0.717, 1.165) is 28.6 Å². The van der Waals surface area contributed by atoms with Crippen LogP contribution in [-0.4, -0.2) is 44.0 Å². The minimum atomic E-state index is -3.97. The number of thioether (sulfide) groups is 1. The number of halogens is 1. The Morgan fingerprint density at radius 2 is 1.79 bits per heavy atom. The zero-order valence-corrected chi connectivity index (χ0v) is 17.7. The van der Waals surface area contributed by atoms with Gasteiger partial charge in [-0.2, -0.15) is 4.31 Å². The van der Waals surface area contributed by atoms with Crippen LogP contribution in [0.3, 0.4) is 0 Å². The van der Waals surface area contributed by atoms with Crippen LogP contribution in [0.25, 0.3) is 0 Å². The predicted molar refractivity (Wildman–Crippen MR) is 111 cm³/mol. The number of amides is 1. The van der Waals surface area contributed by atoms with Crippen molar-refractivity contribution in [3.05, 3.63) is 59.9 Å². The molecule has 8 heteroatoms. The quantitative estimate of drug-likeness (QED) is 0.466. The van der Waals surface area contributed by atoms with Crippen LogP contribution in [0.2, 0.25) is 0 Å². The van der Waals surface area contributed by atoms with Crippen molar-refractivity contribution < 1.29 is 17.6 Å². The summed E-state index contributed by atoms with van der Waals surface area (Å²) in [7, 11) is -3.97. The van der Waals surface area contributed by atoms with Gasteiger partial charge in [0.1, 0.15) is 10.7 Å². The van der Waals surface area contributed by atoms with Crippen molar-refractivity contribution in [3.8, 4) is 0 Å². The van der Waals surface area contributed by atoms with Gasteiger partial charge < -0.3 is 5.32 Å². The Kier molecular flexibility index (Phi) is 8.47. The Bertz CT molecular complexity index is 886. The van der Waals surface area contributed by atoms with Gasteiger partial charge in [0.15, 0.2) is 0 Å². The summed E-state index contributed by atoms with van der Waals surface area (Å²) in [6, 6.07) is 13.4. The topological polar surface area (TPSA) is 66.5 Å². The first-order valence-electron chi connectivity index (χ1n) is 9.15. The molecule has 0 aliphatic carbocycles. The smallest absolute Gasteiger partial charge is 0.251 e. The summed E-state index contributed by atoms with van der Waals surface area (Å²) >= 11 is 1.70. The summed E-state index contributed by atoms with van der Waals surface area (Å²) in [5.74, 6) is -0.432. The second-order valence-electron chi connectivity index (χ2n) is 6.01. The summed E-state index contributed by atoms with van der Waals surface area (Å²) in [5.41, 5.74) is 0.128. The van der Waals surface area contributed by atoms with Gasteiger partial charge in [-0.25, -0.2) is 12.8 Å². The highest BCUT2D eigenvalue weighted by Crippen LogP contribution is 2.21. The summed E-state index contributed by atoms with van der Waals surface area (Å²) in [4.78, 5) is 13.0. The second-order valence-corrected chi connectivity index (χ2v) is 9.08. The first-order chi connectivity index (χ1) is 13.4. The maximum Gasteiger partial charge on any atom is 0.251 e. The number of hydrogen-bond donors (Lipinski definition) is 1. The van der Waals surface area contributed by atoms with Gasteiger partial charge in [0.2, 0.25) is 10.0 Å². The number of carbonyl (C=O) groups excluding carboxylic acids is 1. The number of carbonyl (C=O) groups is 1. The molecule has 152 valence electrons. The van der Waals surface area contributed by atoms with Crippen LogP contribution in [-0.2, 0) is 10.0 Å². The van der Waals surface area contributed by atoms with Crippen LogP contribution in [0.1, 0.15) is 30.6 Å². The molecule has 0 saturated carbocycles. The number of benzene rings is 2. The molecule has 0 bridgehead atoms. The first-order valence-corrected chi connectivity index (χ1v) is 11.6. The zero-order chi connectivity index (χ0) is 20.6. The molecular formula is C20H25FN2O3S2. The van der Waals surface area contributed by atoms with Crippen molar-refractivity contribution in [2.75, 3.05) is 25.4 Å². The molecule has 0 spiro atoms. The first kappa shape index (κ1) is 22.4. The molecule has 1 N–H and O–H groups in total. The third kappa shape index (κ3) is 5.80. The highest BCUT2D eigenvalue weighted by Gasteiger charge is 2.26. The number of nitrogens with zero attached hydrogens (tertiary/aromatic N) is 1. The van der Waals surface area contributed by atoms with E-state index in [9.17, 15) is 17.6 Å². The molecule has 2 aromatic carbocycles. The minimum Gasteiger partial charge on any atom is -0.352 e. The van der Waals surface area contributed by atoms with Gasteiger partial charge >= 0.3 is 0 Å². The molecule has 0 aromatic heterocycles. The van der Waals surface area contributed by atoms with E-state index < -0.39 is 26.6 Å². The van der Waals surface area contributed by atoms with E-state index >= 15 is 0 Å². The molecule has 0 aliphatic rings. The Labute approximate surface area is 170 Å². The third-order valence-corrected chi connectivity index (χ3v) is 7.30.